The zero-order chi connectivity index (χ0) is 13.6. The van der Waals surface area contributed by atoms with Crippen LogP contribution >= 0.6 is 0 Å². The van der Waals surface area contributed by atoms with E-state index in [0.29, 0.717) is 0 Å². The van der Waals surface area contributed by atoms with Crippen LogP contribution in [0.1, 0.15) is 0 Å². The minimum absolute atomic E-state index is 0. The van der Waals surface area contributed by atoms with Gasteiger partial charge in [0.2, 0.25) is 0 Å². The fourth-order valence-electron chi connectivity index (χ4n) is 1.90. The molecule has 0 spiro atoms. The Morgan fingerprint density at radius 2 is 1.05 bits per heavy atom. The van der Waals surface area contributed by atoms with Crippen molar-refractivity contribution in [3.05, 3.63) is 85.2 Å². The van der Waals surface area contributed by atoms with Gasteiger partial charge in [-0.2, -0.15) is 48.5 Å². The molecular weight excluding hydrogens is 310 g/mol. The first-order valence-corrected chi connectivity index (χ1v) is 6.36. The fraction of sp³-hybridized carbons (Fsp3) is 0. The third kappa shape index (κ3) is 3.93. The third-order valence-electron chi connectivity index (χ3n) is 2.86. The normalized spacial score (nSPS) is 9.52. The summed E-state index contributed by atoms with van der Waals surface area (Å²) in [4.78, 5) is 8.25. The van der Waals surface area contributed by atoms with Crippen molar-refractivity contribution in [1.82, 2.24) is 9.97 Å². The molecule has 0 amide bonds. The molecule has 0 bridgehead atoms. The number of pyridine rings is 2. The quantitative estimate of drug-likeness (QED) is 0.360. The van der Waals surface area contributed by atoms with Crippen molar-refractivity contribution in [2.24, 2.45) is 0 Å². The maximum absolute atomic E-state index is 4.13. The molecule has 0 aliphatic heterocycles. The second-order valence-corrected chi connectivity index (χ2v) is 4.22. The number of fused-ring (bicyclic) bond motifs is 2. The van der Waals surface area contributed by atoms with Gasteiger partial charge < -0.3 is 0 Å². The minimum atomic E-state index is 0. The van der Waals surface area contributed by atoms with Crippen LogP contribution in [0.2, 0.25) is 0 Å². The summed E-state index contributed by atoms with van der Waals surface area (Å²) >= 11 is 0. The number of para-hydroxylation sites is 2. The number of hydrogen-bond donors (Lipinski definition) is 0. The van der Waals surface area contributed by atoms with E-state index < -0.39 is 0 Å². The summed E-state index contributed by atoms with van der Waals surface area (Å²) in [5, 5.41) is 2.29. The van der Waals surface area contributed by atoms with Gasteiger partial charge in [0, 0.05) is 12.4 Å². The molecule has 0 unspecified atom stereocenters. The van der Waals surface area contributed by atoms with Crippen LogP contribution in [0.15, 0.2) is 73.1 Å². The zero-order valence-corrected chi connectivity index (χ0v) is 14.5. The van der Waals surface area contributed by atoms with Crippen molar-refractivity contribution < 1.29 is 19.5 Å². The molecule has 0 radical (unpaired) electrons. The first-order valence-electron chi connectivity index (χ1n) is 6.36. The van der Waals surface area contributed by atoms with E-state index >= 15 is 0 Å². The average Bonchev–Trinajstić information content (AvgIpc) is 2.56. The molecule has 2 aromatic carbocycles. The predicted molar refractivity (Wildman–Crippen MR) is 81.2 cm³/mol. The Labute approximate surface area is 136 Å². The van der Waals surface area contributed by atoms with Crippen molar-refractivity contribution in [3.8, 4) is 0 Å². The molecular formula is C18H12N2Zn. The molecule has 4 aromatic rings. The predicted octanol–water partition coefficient (Wildman–Crippen LogP) is 4.07. The molecule has 2 aromatic heterocycles. The minimum Gasteiger partial charge on any atom is -0.283 e. The van der Waals surface area contributed by atoms with Gasteiger partial charge in [0.25, 0.3) is 0 Å². The van der Waals surface area contributed by atoms with Crippen LogP contribution in [0.25, 0.3) is 21.8 Å². The van der Waals surface area contributed by atoms with Gasteiger partial charge in [-0.3, -0.25) is 9.97 Å². The van der Waals surface area contributed by atoms with Gasteiger partial charge in [-0.05, 0) is 11.0 Å². The topological polar surface area (TPSA) is 25.8 Å². The Balaban J connectivity index is 0.000000147. The Morgan fingerprint density at radius 1 is 0.619 bits per heavy atom. The summed E-state index contributed by atoms with van der Waals surface area (Å²) in [5.74, 6) is 0. The Kier molecular flexibility index (Phi) is 5.53. The molecule has 96 valence electrons. The van der Waals surface area contributed by atoms with E-state index in [9.17, 15) is 0 Å². The van der Waals surface area contributed by atoms with E-state index in [0.717, 1.165) is 21.8 Å². The number of benzene rings is 2. The van der Waals surface area contributed by atoms with E-state index in [2.05, 4.69) is 22.1 Å². The van der Waals surface area contributed by atoms with E-state index in [-0.39, 0.29) is 19.5 Å². The summed E-state index contributed by atoms with van der Waals surface area (Å²) in [7, 11) is 0. The van der Waals surface area contributed by atoms with E-state index in [1.807, 2.05) is 60.7 Å². The van der Waals surface area contributed by atoms with Crippen LogP contribution in [-0.2, 0) is 19.5 Å². The smallest absolute Gasteiger partial charge is 0.283 e. The Hall–Kier alpha value is -2.12. The van der Waals surface area contributed by atoms with Crippen molar-refractivity contribution in [2.45, 2.75) is 0 Å². The van der Waals surface area contributed by atoms with Gasteiger partial charge in [0.05, 0.1) is 0 Å². The molecule has 2 heterocycles. The molecule has 0 saturated heterocycles. The summed E-state index contributed by atoms with van der Waals surface area (Å²) in [6.07, 6.45) is 3.55. The van der Waals surface area contributed by atoms with Crippen molar-refractivity contribution in [2.75, 3.05) is 0 Å². The number of nitrogens with zero attached hydrogens (tertiary/aromatic N) is 2. The monoisotopic (exact) mass is 320 g/mol. The molecule has 0 atom stereocenters. The Morgan fingerprint density at radius 3 is 1.48 bits per heavy atom. The molecule has 0 saturated carbocycles. The van der Waals surface area contributed by atoms with Gasteiger partial charge in [-0.15, -0.1) is 22.9 Å². The number of aromatic nitrogens is 2. The van der Waals surface area contributed by atoms with E-state index in [1.54, 1.807) is 12.4 Å². The maximum Gasteiger partial charge on any atom is 2.00 e. The summed E-state index contributed by atoms with van der Waals surface area (Å²) in [6, 6.07) is 25.7. The molecule has 0 fully saturated rings. The standard InChI is InChI=1S/2C9H6N.Zn/c2*1-2-6-9-8(4-1)5-3-7-10-9;/h2*1-5,7H;/q2*-1;+2. The molecule has 2 nitrogen and oxygen atoms in total. The molecule has 4 rings (SSSR count). The van der Waals surface area contributed by atoms with E-state index in [4.69, 9.17) is 0 Å². The first kappa shape index (κ1) is 15.3. The van der Waals surface area contributed by atoms with Crippen molar-refractivity contribution in [1.29, 1.82) is 0 Å². The van der Waals surface area contributed by atoms with Crippen LogP contribution < -0.4 is 0 Å². The van der Waals surface area contributed by atoms with Crippen LogP contribution in [0.4, 0.5) is 0 Å². The second-order valence-electron chi connectivity index (χ2n) is 4.22. The SMILES string of the molecule is [Zn+2].[c-]1cccc2cccnc12.[c-]1cccc2cccnc12. The van der Waals surface area contributed by atoms with Gasteiger partial charge in [-0.25, -0.2) is 0 Å². The van der Waals surface area contributed by atoms with Gasteiger partial charge >= 0.3 is 19.5 Å². The zero-order valence-electron chi connectivity index (χ0n) is 11.5. The van der Waals surface area contributed by atoms with Crippen LogP contribution in [-0.4, -0.2) is 9.97 Å². The maximum atomic E-state index is 4.13. The van der Waals surface area contributed by atoms with Crippen LogP contribution in [0.3, 0.4) is 0 Å². The van der Waals surface area contributed by atoms with Crippen molar-refractivity contribution >= 4 is 21.8 Å². The molecule has 0 N–H and O–H groups in total. The third-order valence-corrected chi connectivity index (χ3v) is 2.86. The first-order chi connectivity index (χ1) is 9.93. The fourth-order valence-corrected chi connectivity index (χ4v) is 1.90. The molecule has 21 heavy (non-hydrogen) atoms. The van der Waals surface area contributed by atoms with Crippen molar-refractivity contribution in [3.63, 3.8) is 0 Å². The van der Waals surface area contributed by atoms with Gasteiger partial charge in [0.15, 0.2) is 0 Å². The largest absolute Gasteiger partial charge is 2.00 e. The summed E-state index contributed by atoms with van der Waals surface area (Å²) in [6.45, 7) is 0. The Bertz CT molecular complexity index is 628. The summed E-state index contributed by atoms with van der Waals surface area (Å²) < 4.78 is 0. The van der Waals surface area contributed by atoms with E-state index in [1.165, 1.54) is 0 Å². The average molecular weight is 322 g/mol. The summed E-state index contributed by atoms with van der Waals surface area (Å²) in [5.41, 5.74) is 1.87. The number of hydrogen-bond acceptors (Lipinski definition) is 2. The second kappa shape index (κ2) is 7.61. The van der Waals surface area contributed by atoms with Crippen LogP contribution in [0.5, 0.6) is 0 Å². The molecule has 0 aliphatic rings. The molecule has 3 heteroatoms. The molecule has 0 aliphatic carbocycles. The van der Waals surface area contributed by atoms with Gasteiger partial charge in [-0.1, -0.05) is 12.1 Å². The number of rotatable bonds is 0. The van der Waals surface area contributed by atoms with Crippen LogP contribution in [0, 0.1) is 12.1 Å². The van der Waals surface area contributed by atoms with Gasteiger partial charge in [0.1, 0.15) is 0 Å².